The Morgan fingerprint density at radius 3 is 1.32 bits per heavy atom. The Morgan fingerprint density at radius 2 is 0.774 bits per heavy atom. The van der Waals surface area contributed by atoms with Crippen LogP contribution in [0.4, 0.5) is 0 Å². The first-order chi connectivity index (χ1) is 26.0. The molecular formula is C47H72O6. The van der Waals surface area contributed by atoms with E-state index in [0.717, 1.165) is 109 Å². The summed E-state index contributed by atoms with van der Waals surface area (Å²) in [5.74, 6) is -1.03. The van der Waals surface area contributed by atoms with Crippen molar-refractivity contribution in [3.63, 3.8) is 0 Å². The van der Waals surface area contributed by atoms with E-state index in [2.05, 4.69) is 87.6 Å². The van der Waals surface area contributed by atoms with E-state index in [4.69, 9.17) is 14.2 Å². The van der Waals surface area contributed by atoms with Gasteiger partial charge in [0.1, 0.15) is 13.2 Å². The van der Waals surface area contributed by atoms with Crippen LogP contribution in [0.25, 0.3) is 0 Å². The lowest BCUT2D eigenvalue weighted by Gasteiger charge is -2.18. The zero-order chi connectivity index (χ0) is 38.7. The minimum atomic E-state index is -0.816. The summed E-state index contributed by atoms with van der Waals surface area (Å²) in [5, 5.41) is 0. The van der Waals surface area contributed by atoms with E-state index in [9.17, 15) is 14.4 Å². The van der Waals surface area contributed by atoms with E-state index >= 15 is 0 Å². The van der Waals surface area contributed by atoms with Crippen LogP contribution in [0, 0.1) is 0 Å². The topological polar surface area (TPSA) is 78.9 Å². The maximum atomic E-state index is 12.7. The van der Waals surface area contributed by atoms with Gasteiger partial charge in [-0.3, -0.25) is 14.4 Å². The van der Waals surface area contributed by atoms with Gasteiger partial charge in [-0.25, -0.2) is 0 Å². The lowest BCUT2D eigenvalue weighted by molar-refractivity contribution is -0.167. The smallest absolute Gasteiger partial charge is 0.306 e. The molecule has 0 aliphatic heterocycles. The molecule has 0 bridgehead atoms. The molecule has 0 saturated carbocycles. The molecule has 6 heteroatoms. The van der Waals surface area contributed by atoms with Crippen molar-refractivity contribution in [1.82, 2.24) is 0 Å². The minimum Gasteiger partial charge on any atom is -0.462 e. The van der Waals surface area contributed by atoms with Crippen molar-refractivity contribution in [1.29, 1.82) is 0 Å². The van der Waals surface area contributed by atoms with Gasteiger partial charge in [0.15, 0.2) is 6.10 Å². The number of carbonyl (C=O) groups excluding carboxylic acids is 3. The Kier molecular flexibility index (Phi) is 37.8. The Hall–Kier alpha value is -3.93. The number of unbranched alkanes of at least 4 members (excludes halogenated alkanes) is 10. The summed E-state index contributed by atoms with van der Waals surface area (Å²) in [7, 11) is 0. The molecule has 0 aromatic heterocycles. The molecule has 0 amide bonds. The van der Waals surface area contributed by atoms with E-state index in [1.165, 1.54) is 0 Å². The highest BCUT2D eigenvalue weighted by Gasteiger charge is 2.19. The Labute approximate surface area is 323 Å². The van der Waals surface area contributed by atoms with Crippen LogP contribution in [0.2, 0.25) is 0 Å². The summed E-state index contributed by atoms with van der Waals surface area (Å²) in [4.78, 5) is 37.5. The lowest BCUT2D eigenvalue weighted by atomic mass is 10.1. The van der Waals surface area contributed by atoms with Crippen molar-refractivity contribution in [2.24, 2.45) is 0 Å². The van der Waals surface area contributed by atoms with Gasteiger partial charge in [0, 0.05) is 19.3 Å². The first-order valence-electron chi connectivity index (χ1n) is 20.5. The highest BCUT2D eigenvalue weighted by atomic mass is 16.6. The van der Waals surface area contributed by atoms with Crippen molar-refractivity contribution < 1.29 is 28.6 Å². The van der Waals surface area contributed by atoms with Crippen molar-refractivity contribution in [2.45, 2.75) is 155 Å². The highest BCUT2D eigenvalue weighted by Crippen LogP contribution is 2.11. The van der Waals surface area contributed by atoms with Gasteiger partial charge in [0.2, 0.25) is 0 Å². The molecule has 1 atom stereocenters. The molecule has 53 heavy (non-hydrogen) atoms. The fourth-order valence-electron chi connectivity index (χ4n) is 4.90. The molecule has 0 N–H and O–H groups in total. The van der Waals surface area contributed by atoms with Gasteiger partial charge in [0.25, 0.3) is 0 Å². The summed E-state index contributed by atoms with van der Waals surface area (Å²) in [6, 6.07) is 0. The van der Waals surface area contributed by atoms with E-state index in [0.29, 0.717) is 12.8 Å². The number of esters is 3. The van der Waals surface area contributed by atoms with Crippen molar-refractivity contribution in [3.05, 3.63) is 109 Å². The molecular weight excluding hydrogens is 661 g/mol. The van der Waals surface area contributed by atoms with Crippen molar-refractivity contribution in [2.75, 3.05) is 13.2 Å². The molecule has 296 valence electrons. The Bertz CT molecular complexity index is 1160. The first kappa shape index (κ1) is 49.1. The molecule has 0 aromatic carbocycles. The monoisotopic (exact) mass is 733 g/mol. The van der Waals surface area contributed by atoms with Crippen LogP contribution in [-0.2, 0) is 28.6 Å². The van der Waals surface area contributed by atoms with Crippen LogP contribution in [0.1, 0.15) is 149 Å². The normalized spacial score (nSPS) is 13.2. The number of carbonyl (C=O) groups is 3. The average Bonchev–Trinajstić information content (AvgIpc) is 3.15. The van der Waals surface area contributed by atoms with Gasteiger partial charge in [0.05, 0.1) is 0 Å². The Morgan fingerprint density at radius 1 is 0.396 bits per heavy atom. The third-order valence-corrected chi connectivity index (χ3v) is 7.91. The standard InChI is InChI=1S/C47H72O6/c1-4-7-10-13-16-19-21-23-25-28-31-34-37-40-46(49)52-43-44(42-51-45(48)39-36-33-30-27-18-15-12-9-6-3)53-47(50)41-38-35-32-29-26-24-22-20-17-14-11-8-5-2/h7-14,16-23,25,27,44H,4-6,15,24,26,28-43H2,1-3H3/b10-7-,11-8-,12-9-,16-13-,17-14-,21-19-,22-20-,25-23-,27-18-. The largest absolute Gasteiger partial charge is 0.462 e. The van der Waals surface area contributed by atoms with Crippen molar-refractivity contribution >= 4 is 17.9 Å². The van der Waals surface area contributed by atoms with E-state index in [1.54, 1.807) is 0 Å². The van der Waals surface area contributed by atoms with E-state index < -0.39 is 6.10 Å². The quantitative estimate of drug-likeness (QED) is 0.0215. The minimum absolute atomic E-state index is 0.120. The third kappa shape index (κ3) is 39.1. The van der Waals surface area contributed by atoms with Gasteiger partial charge >= 0.3 is 17.9 Å². The first-order valence-corrected chi connectivity index (χ1v) is 20.5. The molecule has 0 aliphatic carbocycles. The fourth-order valence-corrected chi connectivity index (χ4v) is 4.90. The number of rotatable bonds is 34. The molecule has 0 fully saturated rings. The SMILES string of the molecule is CC\C=C/C=C\C=C/C=C\CCCCCC(=O)OCC(COC(=O)CCCC/C=C\C/C=C\CC)OC(=O)CCCCCCC\C=C/C=C\C=C/CC. The number of ether oxygens (including phenoxy) is 3. The van der Waals surface area contributed by atoms with Crippen molar-refractivity contribution in [3.8, 4) is 0 Å². The van der Waals surface area contributed by atoms with E-state index in [1.807, 2.05) is 42.5 Å². The fraction of sp³-hybridized carbons (Fsp3) is 0.553. The van der Waals surface area contributed by atoms with Gasteiger partial charge < -0.3 is 14.2 Å². The van der Waals surface area contributed by atoms with Gasteiger partial charge in [-0.15, -0.1) is 0 Å². The van der Waals surface area contributed by atoms with Crippen LogP contribution in [0.15, 0.2) is 109 Å². The third-order valence-electron chi connectivity index (χ3n) is 7.91. The predicted molar refractivity (Wildman–Crippen MR) is 223 cm³/mol. The molecule has 0 saturated heterocycles. The van der Waals surface area contributed by atoms with Gasteiger partial charge in [-0.1, -0.05) is 156 Å². The molecule has 0 rings (SSSR count). The number of hydrogen-bond acceptors (Lipinski definition) is 6. The zero-order valence-corrected chi connectivity index (χ0v) is 33.5. The zero-order valence-electron chi connectivity index (χ0n) is 33.5. The second kappa shape index (κ2) is 40.8. The van der Waals surface area contributed by atoms with Crippen LogP contribution in [-0.4, -0.2) is 37.2 Å². The van der Waals surface area contributed by atoms with Gasteiger partial charge in [-0.2, -0.15) is 0 Å². The summed E-state index contributed by atoms with van der Waals surface area (Å²) in [6.07, 6.45) is 53.7. The number of allylic oxidation sites excluding steroid dienone is 18. The van der Waals surface area contributed by atoms with Crippen LogP contribution in [0.5, 0.6) is 0 Å². The summed E-state index contributed by atoms with van der Waals surface area (Å²) in [6.45, 7) is 6.10. The molecule has 6 nitrogen and oxygen atoms in total. The maximum Gasteiger partial charge on any atom is 0.306 e. The average molecular weight is 733 g/mol. The Balaban J connectivity index is 4.55. The van der Waals surface area contributed by atoms with Crippen LogP contribution in [0.3, 0.4) is 0 Å². The van der Waals surface area contributed by atoms with Crippen LogP contribution < -0.4 is 0 Å². The second-order valence-corrected chi connectivity index (χ2v) is 12.9. The molecule has 0 spiro atoms. The maximum absolute atomic E-state index is 12.7. The molecule has 0 aromatic rings. The number of hydrogen-bond donors (Lipinski definition) is 0. The van der Waals surface area contributed by atoms with E-state index in [-0.39, 0.29) is 37.5 Å². The summed E-state index contributed by atoms with van der Waals surface area (Å²) < 4.78 is 16.5. The molecule has 0 radical (unpaired) electrons. The molecule has 0 heterocycles. The highest BCUT2D eigenvalue weighted by molar-refractivity contribution is 5.71. The summed E-state index contributed by atoms with van der Waals surface area (Å²) in [5.41, 5.74) is 0. The molecule has 0 aliphatic rings. The predicted octanol–water partition coefficient (Wildman–Crippen LogP) is 12.9. The molecule has 1 unspecified atom stereocenters. The van der Waals surface area contributed by atoms with Crippen LogP contribution >= 0.6 is 0 Å². The lowest BCUT2D eigenvalue weighted by Crippen LogP contribution is -2.30. The van der Waals surface area contributed by atoms with Gasteiger partial charge in [-0.05, 0) is 83.5 Å². The second-order valence-electron chi connectivity index (χ2n) is 12.9. The summed E-state index contributed by atoms with van der Waals surface area (Å²) >= 11 is 0.